The first kappa shape index (κ1) is 15.1. The van der Waals surface area contributed by atoms with E-state index in [0.29, 0.717) is 5.92 Å². The third-order valence-electron chi connectivity index (χ3n) is 3.67. The zero-order chi connectivity index (χ0) is 14.9. The van der Waals surface area contributed by atoms with Crippen LogP contribution in [0.1, 0.15) is 48.9 Å². The molecule has 1 heterocycles. The minimum Gasteiger partial charge on any atom is -0.455 e. The van der Waals surface area contributed by atoms with Crippen LogP contribution in [0.25, 0.3) is 0 Å². The van der Waals surface area contributed by atoms with Gasteiger partial charge in [0.05, 0.1) is 0 Å². The van der Waals surface area contributed by atoms with Gasteiger partial charge < -0.3 is 9.73 Å². The summed E-state index contributed by atoms with van der Waals surface area (Å²) in [4.78, 5) is 11.9. The van der Waals surface area contributed by atoms with Gasteiger partial charge in [-0.2, -0.15) is 0 Å². The average molecular weight is 300 g/mol. The first-order chi connectivity index (χ1) is 9.27. The number of nitrogens with two attached hydrogens (primary N) is 1. The summed E-state index contributed by atoms with van der Waals surface area (Å²) < 4.78 is 27.8. The second-order valence-corrected chi connectivity index (χ2v) is 7.05. The van der Waals surface area contributed by atoms with E-state index in [1.807, 2.05) is 0 Å². The monoisotopic (exact) mass is 300 g/mol. The minimum atomic E-state index is -3.86. The molecule has 0 aromatic carbocycles. The summed E-state index contributed by atoms with van der Waals surface area (Å²) >= 11 is 0. The zero-order valence-corrected chi connectivity index (χ0v) is 12.5. The van der Waals surface area contributed by atoms with Gasteiger partial charge in [0.15, 0.2) is 5.76 Å². The summed E-state index contributed by atoms with van der Waals surface area (Å²) in [5.74, 6) is 0.328. The number of nitrogens with one attached hydrogen (secondary N) is 1. The van der Waals surface area contributed by atoms with Crippen molar-refractivity contribution < 1.29 is 17.6 Å². The molecule has 1 aromatic heterocycles. The van der Waals surface area contributed by atoms with Crippen LogP contribution in [0.4, 0.5) is 0 Å². The van der Waals surface area contributed by atoms with E-state index in [1.165, 1.54) is 19.4 Å². The smallest absolute Gasteiger partial charge is 0.287 e. The van der Waals surface area contributed by atoms with Crippen molar-refractivity contribution in [1.29, 1.82) is 0 Å². The summed E-state index contributed by atoms with van der Waals surface area (Å²) in [5, 5.41) is 7.94. The molecule has 0 saturated heterocycles. The molecule has 2 unspecified atom stereocenters. The normalized spacial score (nSPS) is 23.6. The third kappa shape index (κ3) is 3.40. The molecule has 1 fully saturated rings. The lowest BCUT2D eigenvalue weighted by atomic mass is 9.87. The Labute approximate surface area is 118 Å². The van der Waals surface area contributed by atoms with Gasteiger partial charge in [0.2, 0.25) is 10.0 Å². The van der Waals surface area contributed by atoms with Crippen molar-refractivity contribution >= 4 is 15.9 Å². The molecule has 7 heteroatoms. The van der Waals surface area contributed by atoms with Gasteiger partial charge in [-0.15, -0.1) is 0 Å². The summed E-state index contributed by atoms with van der Waals surface area (Å²) in [6.45, 7) is 3.63. The van der Waals surface area contributed by atoms with Gasteiger partial charge >= 0.3 is 0 Å². The Kier molecular flexibility index (Phi) is 4.19. The molecule has 3 N–H and O–H groups in total. The third-order valence-corrected chi connectivity index (χ3v) is 4.69. The number of hydrogen-bond acceptors (Lipinski definition) is 4. The maximum Gasteiger partial charge on any atom is 0.287 e. The quantitative estimate of drug-likeness (QED) is 0.883. The van der Waals surface area contributed by atoms with Gasteiger partial charge in [-0.1, -0.05) is 19.8 Å². The number of carbonyl (C=O) groups excluding carboxylic acids is 1. The van der Waals surface area contributed by atoms with Crippen LogP contribution in [0.3, 0.4) is 0 Å². The molecule has 6 nitrogen and oxygen atoms in total. The molecule has 20 heavy (non-hydrogen) atoms. The summed E-state index contributed by atoms with van der Waals surface area (Å²) in [6.07, 6.45) is 4.15. The molecule has 0 aliphatic heterocycles. The predicted octanol–water partition coefficient (Wildman–Crippen LogP) is 1.54. The summed E-state index contributed by atoms with van der Waals surface area (Å²) in [5.41, 5.74) is 0. The number of amides is 1. The topological polar surface area (TPSA) is 102 Å². The number of furan rings is 1. The number of sulfonamides is 1. The lowest BCUT2D eigenvalue weighted by Gasteiger charge is -2.27. The van der Waals surface area contributed by atoms with Gasteiger partial charge in [0.25, 0.3) is 5.91 Å². The zero-order valence-electron chi connectivity index (χ0n) is 11.7. The lowest BCUT2D eigenvalue weighted by molar-refractivity contribution is 0.0892. The molecular weight excluding hydrogens is 280 g/mol. The standard InChI is InChI=1S/C13H20N2O4S/c1-8-4-3-5-10(6-8)15-13(16)11-7-12(9(2)19-11)20(14,17)18/h7-8,10H,3-6H2,1-2H3,(H,15,16)(H2,14,17,18). The highest BCUT2D eigenvalue weighted by molar-refractivity contribution is 7.89. The maximum atomic E-state index is 12.1. The number of rotatable bonds is 3. The molecule has 2 atom stereocenters. The minimum absolute atomic E-state index is 0.00949. The van der Waals surface area contributed by atoms with Crippen LogP contribution in [0.5, 0.6) is 0 Å². The Balaban J connectivity index is 2.10. The van der Waals surface area contributed by atoms with Gasteiger partial charge in [-0.25, -0.2) is 13.6 Å². The first-order valence-corrected chi connectivity index (χ1v) is 8.26. The van der Waals surface area contributed by atoms with E-state index < -0.39 is 10.0 Å². The number of hydrogen-bond donors (Lipinski definition) is 2. The maximum absolute atomic E-state index is 12.1. The Hall–Kier alpha value is -1.34. The van der Waals surface area contributed by atoms with Crippen LogP contribution < -0.4 is 10.5 Å². The van der Waals surface area contributed by atoms with Gasteiger partial charge in [-0.05, 0) is 25.7 Å². The van der Waals surface area contributed by atoms with E-state index in [-0.39, 0.29) is 28.4 Å². The van der Waals surface area contributed by atoms with E-state index in [9.17, 15) is 13.2 Å². The first-order valence-electron chi connectivity index (χ1n) is 6.71. The molecule has 1 aliphatic rings. The molecule has 1 aliphatic carbocycles. The van der Waals surface area contributed by atoms with Crippen LogP contribution >= 0.6 is 0 Å². The van der Waals surface area contributed by atoms with Crippen molar-refractivity contribution in [2.45, 2.75) is 50.5 Å². The van der Waals surface area contributed by atoms with Gasteiger partial charge in [0, 0.05) is 12.1 Å². The fourth-order valence-corrected chi connectivity index (χ4v) is 3.40. The van der Waals surface area contributed by atoms with E-state index in [1.54, 1.807) is 0 Å². The van der Waals surface area contributed by atoms with Crippen molar-refractivity contribution in [3.8, 4) is 0 Å². The average Bonchev–Trinajstić information content (AvgIpc) is 2.71. The molecular formula is C13H20N2O4S. The summed E-state index contributed by atoms with van der Waals surface area (Å²) in [7, 11) is -3.86. The molecule has 1 aromatic rings. The molecule has 1 amide bonds. The van der Waals surface area contributed by atoms with Gasteiger partial charge in [0.1, 0.15) is 10.7 Å². The largest absolute Gasteiger partial charge is 0.455 e. The Morgan fingerprint density at radius 2 is 2.15 bits per heavy atom. The van der Waals surface area contributed by atoms with Crippen LogP contribution in [-0.4, -0.2) is 20.4 Å². The Morgan fingerprint density at radius 3 is 2.70 bits per heavy atom. The predicted molar refractivity (Wildman–Crippen MR) is 73.7 cm³/mol. The van der Waals surface area contributed by atoms with E-state index in [0.717, 1.165) is 19.3 Å². The van der Waals surface area contributed by atoms with Crippen LogP contribution in [-0.2, 0) is 10.0 Å². The van der Waals surface area contributed by atoms with Crippen molar-refractivity contribution in [1.82, 2.24) is 5.32 Å². The van der Waals surface area contributed by atoms with Gasteiger partial charge in [-0.3, -0.25) is 4.79 Å². The number of aryl methyl sites for hydroxylation is 1. The summed E-state index contributed by atoms with van der Waals surface area (Å²) in [6, 6.07) is 1.31. The molecule has 1 saturated carbocycles. The van der Waals surface area contributed by atoms with Crippen molar-refractivity contribution in [2.75, 3.05) is 0 Å². The lowest BCUT2D eigenvalue weighted by Crippen LogP contribution is -2.37. The fraction of sp³-hybridized carbons (Fsp3) is 0.615. The van der Waals surface area contributed by atoms with E-state index in [2.05, 4.69) is 12.2 Å². The highest BCUT2D eigenvalue weighted by Crippen LogP contribution is 2.24. The van der Waals surface area contributed by atoms with Crippen molar-refractivity contribution in [3.05, 3.63) is 17.6 Å². The highest BCUT2D eigenvalue weighted by atomic mass is 32.2. The molecule has 112 valence electrons. The van der Waals surface area contributed by atoms with E-state index >= 15 is 0 Å². The van der Waals surface area contributed by atoms with Crippen LogP contribution in [0.2, 0.25) is 0 Å². The molecule has 0 bridgehead atoms. The van der Waals surface area contributed by atoms with E-state index in [4.69, 9.17) is 9.56 Å². The fourth-order valence-electron chi connectivity index (χ4n) is 2.68. The Bertz CT molecular complexity index is 606. The molecule has 2 rings (SSSR count). The number of carbonyl (C=O) groups is 1. The second kappa shape index (κ2) is 5.57. The SMILES string of the molecule is Cc1oc(C(=O)NC2CCCC(C)C2)cc1S(N)(=O)=O. The van der Waals surface area contributed by atoms with Crippen molar-refractivity contribution in [3.63, 3.8) is 0 Å². The number of primary sulfonamides is 1. The van der Waals surface area contributed by atoms with Crippen LogP contribution in [0.15, 0.2) is 15.4 Å². The van der Waals surface area contributed by atoms with Crippen molar-refractivity contribution in [2.24, 2.45) is 11.1 Å². The second-order valence-electron chi connectivity index (χ2n) is 5.52. The highest BCUT2D eigenvalue weighted by Gasteiger charge is 2.24. The molecule has 0 radical (unpaired) electrons. The molecule has 0 spiro atoms. The Morgan fingerprint density at radius 1 is 1.45 bits per heavy atom. The van der Waals surface area contributed by atoms with Crippen LogP contribution in [0, 0.1) is 12.8 Å².